The Kier molecular flexibility index (Phi) is 36.5. The first-order valence-corrected chi connectivity index (χ1v) is 49.5. The van der Waals surface area contributed by atoms with E-state index in [1.807, 2.05) is 187 Å². The van der Waals surface area contributed by atoms with Crippen LogP contribution in [0.25, 0.3) is 43.6 Å². The summed E-state index contributed by atoms with van der Waals surface area (Å²) in [4.78, 5) is 192. The van der Waals surface area contributed by atoms with Gasteiger partial charge in [0.05, 0.1) is 6.61 Å². The number of aromatic amines is 4. The highest BCUT2D eigenvalue weighted by molar-refractivity contribution is 6.99. The van der Waals surface area contributed by atoms with E-state index in [1.165, 1.54) is 6.92 Å². The molecule has 16 N–H and O–H groups in total. The van der Waals surface area contributed by atoms with Crippen molar-refractivity contribution in [1.82, 2.24) is 83.7 Å². The first-order chi connectivity index (χ1) is 65.4. The quantitative estimate of drug-likeness (QED) is 0.0125. The molecule has 0 aliphatic rings. The van der Waals surface area contributed by atoms with E-state index >= 15 is 38.4 Å². The summed E-state index contributed by atoms with van der Waals surface area (Å²) in [5.41, 5.74) is 6.43. The molecule has 728 valence electrons. The van der Waals surface area contributed by atoms with E-state index in [0.717, 1.165) is 65.1 Å². The maximum Gasteiger partial charge on any atom is 0.408 e. The molecular formula is C106H136N16O14Si. The second-order valence-electron chi connectivity index (χ2n) is 39.0. The van der Waals surface area contributed by atoms with Crippen molar-refractivity contribution < 1.29 is 66.7 Å². The van der Waals surface area contributed by atoms with Crippen LogP contribution in [0.1, 0.15) is 158 Å². The Morgan fingerprint density at radius 3 is 0.891 bits per heavy atom. The Morgan fingerprint density at radius 2 is 0.577 bits per heavy atom. The van der Waals surface area contributed by atoms with Crippen LogP contribution in [0, 0.1) is 35.5 Å². The number of ether oxygens (including phenoxy) is 1. The number of hydrogen-bond acceptors (Lipinski definition) is 14. The molecule has 4 heterocycles. The number of fused-ring (bicyclic) bond motifs is 4. The molecule has 0 spiro atoms. The van der Waals surface area contributed by atoms with Gasteiger partial charge in [0, 0.05) is 101 Å². The molecule has 0 radical (unpaired) electrons. The van der Waals surface area contributed by atoms with Crippen LogP contribution in [-0.4, -0.2) is 179 Å². The Bertz CT molecular complexity index is 5920. The van der Waals surface area contributed by atoms with Crippen molar-refractivity contribution in [3.63, 3.8) is 0 Å². The van der Waals surface area contributed by atoms with Crippen LogP contribution in [0.5, 0.6) is 0 Å². The molecule has 0 unspecified atom stereocenters. The number of aromatic nitrogens is 4. The molecule has 0 saturated heterocycles. The second kappa shape index (κ2) is 48.2. The summed E-state index contributed by atoms with van der Waals surface area (Å²) in [7, 11) is -3.03. The lowest BCUT2D eigenvalue weighted by Gasteiger charge is -2.43. The molecule has 0 fully saturated rings. The Morgan fingerprint density at radius 1 is 0.307 bits per heavy atom. The predicted molar refractivity (Wildman–Crippen MR) is 536 cm³/mol. The number of alkyl carbamates (subject to hydrolysis) is 1. The fourth-order valence-electron chi connectivity index (χ4n) is 17.6. The number of carbonyl (C=O) groups excluding carboxylic acids is 12. The minimum atomic E-state index is -3.03. The number of nitrogens with one attached hydrogen (secondary N) is 16. The zero-order valence-corrected chi connectivity index (χ0v) is 82.3. The molecule has 31 heteroatoms. The van der Waals surface area contributed by atoms with E-state index in [9.17, 15) is 19.2 Å². The molecule has 4 aromatic heterocycles. The third-order valence-electron chi connectivity index (χ3n) is 24.8. The van der Waals surface area contributed by atoms with Crippen LogP contribution in [0.3, 0.4) is 0 Å². The van der Waals surface area contributed by atoms with Crippen molar-refractivity contribution in [3.8, 4) is 0 Å². The Labute approximate surface area is 802 Å². The number of para-hydroxylation sites is 4. The average Bonchev–Trinajstić information content (AvgIpc) is 1.51. The van der Waals surface area contributed by atoms with Crippen molar-refractivity contribution in [1.29, 1.82) is 0 Å². The van der Waals surface area contributed by atoms with Gasteiger partial charge in [0.15, 0.2) is 0 Å². The number of rotatable bonds is 47. The van der Waals surface area contributed by atoms with Gasteiger partial charge in [-0.3, -0.25) is 52.7 Å². The van der Waals surface area contributed by atoms with Gasteiger partial charge in [0.2, 0.25) is 65.0 Å². The standard InChI is InChI=1S/C106H136N16O14Si/c1-62(2)50-84(96(125)116-87(53-70-57-108-80-44-30-26-40-76(70)80)95(124)107-48-49-136-137(106(14,15)16,74-36-22-18-23-37-74)75-38-24-19-25-39-75)113-99(128)88(54-71-58-109-81-45-31-27-41-77(71)81)117-97(126)85(51-63(3)4)114-100(129)89(55-72-59-110-82-46-32-28-42-78(72)82)118-98(127)86(52-64(5)6)115-101(130)90(56-73-60-111-83-47-33-29-43-79(73)83)119-102(131)91(65(7)8)121-104(133)93(67(11)12)122-103(132)92(66(9)10)120-94(123)68(13)112-105(134)135-61-69-34-20-17-21-35-69/h17-47,57-60,62-68,84-93,108-111H,48-56,61H2,1-16H3,(H,107,124)(H,112,134)(H,113,128)(H,114,129)(H,115,130)(H,116,125)(H,117,126)(H,118,127)(H,119,131)(H,120,123)(H,121,133)(H,122,132)/t68-,84+,85+,86+,87-,88-,89-,90-,91+,92+,93-/m0/s1. The van der Waals surface area contributed by atoms with Crippen LogP contribution in [0.4, 0.5) is 4.79 Å². The molecule has 0 aliphatic heterocycles. The Balaban J connectivity index is 0.826. The van der Waals surface area contributed by atoms with E-state index in [0.29, 0.717) is 16.7 Å². The van der Waals surface area contributed by atoms with Gasteiger partial charge in [0.25, 0.3) is 8.32 Å². The topological polar surface area (TPSA) is 431 Å². The van der Waals surface area contributed by atoms with Gasteiger partial charge in [-0.2, -0.15) is 0 Å². The maximum atomic E-state index is 15.7. The van der Waals surface area contributed by atoms with Crippen molar-refractivity contribution in [2.75, 3.05) is 13.2 Å². The highest BCUT2D eigenvalue weighted by Gasteiger charge is 2.50. The van der Waals surface area contributed by atoms with Crippen LogP contribution in [0.15, 0.2) is 213 Å². The van der Waals surface area contributed by atoms with Crippen molar-refractivity contribution in [3.05, 3.63) is 241 Å². The molecule has 11 atom stereocenters. The SMILES string of the molecule is CC(C)C[C@@H](NC(=O)[C@H](Cc1c[nH]c2ccccc12)NC(=O)[C@@H](CC(C)C)NC(=O)[C@H](Cc1c[nH]c2ccccc12)NC(=O)[C@@H](CC(C)C)NC(=O)[C@H](Cc1c[nH]c2ccccc12)NC(=O)[C@H](NC(=O)[C@@H](NC(=O)[C@H](NC(=O)[C@H](C)NC(=O)OCc1ccccc1)C(C)C)C(C)C)C(C)C)C(=O)N[C@@H](Cc1c[nH]c2ccccc12)C(=O)NCCO[Si](c1ccccc1)(c1ccccc1)C(C)(C)C. The molecular weight excluding hydrogens is 1750 g/mol. The average molecular weight is 1890 g/mol. The van der Waals surface area contributed by atoms with E-state index in [4.69, 9.17) is 9.16 Å². The number of carbonyl (C=O) groups is 12. The molecule has 11 aromatic rings. The fraction of sp³-hybridized carbons (Fsp3) is 0.415. The third kappa shape index (κ3) is 27.8. The van der Waals surface area contributed by atoms with Crippen molar-refractivity contribution in [2.45, 2.75) is 234 Å². The molecule has 0 saturated carbocycles. The lowest BCUT2D eigenvalue weighted by molar-refractivity contribution is -0.137. The normalized spacial score (nSPS) is 14.3. The highest BCUT2D eigenvalue weighted by Crippen LogP contribution is 2.37. The summed E-state index contributed by atoms with van der Waals surface area (Å²) in [6.07, 6.45) is 5.97. The minimum absolute atomic E-state index is 0.0148. The van der Waals surface area contributed by atoms with E-state index in [1.54, 1.807) is 84.4 Å². The molecule has 137 heavy (non-hydrogen) atoms. The van der Waals surface area contributed by atoms with Gasteiger partial charge in [0.1, 0.15) is 73.1 Å². The lowest BCUT2D eigenvalue weighted by Crippen LogP contribution is -2.67. The molecule has 30 nitrogen and oxygen atoms in total. The summed E-state index contributed by atoms with van der Waals surface area (Å²) >= 11 is 0. The first-order valence-electron chi connectivity index (χ1n) is 47.6. The predicted octanol–water partition coefficient (Wildman–Crippen LogP) is 10.8. The van der Waals surface area contributed by atoms with E-state index < -0.39 is 164 Å². The third-order valence-corrected chi connectivity index (χ3v) is 29.8. The van der Waals surface area contributed by atoms with Crippen molar-refractivity contribution >= 4 is 133 Å². The molecule has 0 bridgehead atoms. The summed E-state index contributed by atoms with van der Waals surface area (Å²) < 4.78 is 12.5. The molecule has 7 aromatic carbocycles. The number of hydrogen-bond donors (Lipinski definition) is 16. The zero-order valence-electron chi connectivity index (χ0n) is 81.3. The van der Waals surface area contributed by atoms with Gasteiger partial charge in [-0.1, -0.05) is 268 Å². The first kappa shape index (κ1) is 104. The maximum absolute atomic E-state index is 15.7. The van der Waals surface area contributed by atoms with Gasteiger partial charge in [-0.15, -0.1) is 0 Å². The summed E-state index contributed by atoms with van der Waals surface area (Å²) in [5, 5.41) is 39.7. The van der Waals surface area contributed by atoms with Crippen molar-refractivity contribution in [2.24, 2.45) is 35.5 Å². The van der Waals surface area contributed by atoms with Gasteiger partial charge in [-0.25, -0.2) is 4.79 Å². The summed E-state index contributed by atoms with van der Waals surface area (Å²) in [6.45, 7) is 29.6. The number of benzene rings is 7. The van der Waals surface area contributed by atoms with Gasteiger partial charge < -0.3 is 92.9 Å². The number of H-pyrrole nitrogens is 4. The second-order valence-corrected chi connectivity index (χ2v) is 43.3. The smallest absolute Gasteiger partial charge is 0.408 e. The summed E-state index contributed by atoms with van der Waals surface area (Å²) in [6, 6.07) is 44.8. The fourth-order valence-corrected chi connectivity index (χ4v) is 22.1. The minimum Gasteiger partial charge on any atom is -0.445 e. The molecule has 0 aliphatic carbocycles. The van der Waals surface area contributed by atoms with Gasteiger partial charge in [-0.05, 0) is 129 Å². The van der Waals surface area contributed by atoms with E-state index in [-0.39, 0.29) is 87.5 Å². The molecule has 11 rings (SSSR count). The van der Waals surface area contributed by atoms with Crippen LogP contribution >= 0.6 is 0 Å². The largest absolute Gasteiger partial charge is 0.445 e. The number of amides is 12. The Hall–Kier alpha value is -13.7. The lowest BCUT2D eigenvalue weighted by atomic mass is 9.97. The monoisotopic (exact) mass is 1890 g/mol. The zero-order chi connectivity index (χ0) is 99.0. The van der Waals surface area contributed by atoms with Crippen LogP contribution < -0.4 is 74.2 Å². The van der Waals surface area contributed by atoms with Crippen LogP contribution in [0.2, 0.25) is 5.04 Å². The van der Waals surface area contributed by atoms with Gasteiger partial charge >= 0.3 is 6.09 Å². The van der Waals surface area contributed by atoms with Crippen LogP contribution in [-0.2, 0) is 94.2 Å². The highest BCUT2D eigenvalue weighted by atomic mass is 28.4. The van der Waals surface area contributed by atoms with E-state index in [2.05, 4.69) is 129 Å². The molecule has 12 amide bonds. The summed E-state index contributed by atoms with van der Waals surface area (Å²) in [5.74, 6) is -10.4.